The predicted octanol–water partition coefficient (Wildman–Crippen LogP) is 4.93. The van der Waals surface area contributed by atoms with Crippen molar-refractivity contribution in [2.24, 2.45) is 0 Å². The van der Waals surface area contributed by atoms with Crippen molar-refractivity contribution < 1.29 is 23.9 Å². The second-order valence-electron chi connectivity index (χ2n) is 9.28. The summed E-state index contributed by atoms with van der Waals surface area (Å²) in [6.45, 7) is 9.31. The highest BCUT2D eigenvalue weighted by atomic mass is 79.9. The highest BCUT2D eigenvalue weighted by Crippen LogP contribution is 2.29. The van der Waals surface area contributed by atoms with Gasteiger partial charge in [0.2, 0.25) is 0 Å². The van der Waals surface area contributed by atoms with Crippen LogP contribution in [-0.4, -0.2) is 56.5 Å². The van der Waals surface area contributed by atoms with Gasteiger partial charge in [0.15, 0.2) is 6.61 Å². The van der Waals surface area contributed by atoms with Crippen LogP contribution < -0.4 is 4.74 Å². The molecule has 0 aliphatic heterocycles. The molecule has 31 heavy (non-hydrogen) atoms. The molecule has 2 aromatic carbocycles. The number of esters is 1. The molecule has 0 radical (unpaired) electrons. The van der Waals surface area contributed by atoms with Gasteiger partial charge in [0.25, 0.3) is 0 Å². The minimum Gasteiger partial charge on any atom is -0.508 e. The zero-order chi connectivity index (χ0) is 22.5. The van der Waals surface area contributed by atoms with Crippen LogP contribution in [0, 0.1) is 13.8 Å². The maximum Gasteiger partial charge on any atom is 0.344 e. The van der Waals surface area contributed by atoms with Crippen molar-refractivity contribution in [1.29, 1.82) is 0 Å². The fourth-order valence-electron chi connectivity index (χ4n) is 3.31. The molecular weight excluding hydrogens is 458 g/mol. The second kappa shape index (κ2) is 11.5. The van der Waals surface area contributed by atoms with Crippen LogP contribution in [0.3, 0.4) is 0 Å². The molecule has 2 aromatic rings. The average molecular weight is 495 g/mol. The first-order valence-corrected chi connectivity index (χ1v) is 10.5. The highest BCUT2D eigenvalue weighted by Gasteiger charge is 2.13. The molecule has 0 fully saturated rings. The standard InChI is InChI=1S/C25H35NO4.BrH/c1-17(2)22-14-20(8-9-24(22)27)15-23-18(3)12-21(13-19(23)4)30-16-25(28)29-11-10-26(5,6)7;/h8-9,12-14,17H,10-11,15-16H2,1-7H3;1H/p+1. The number of phenolic OH excluding ortho intramolecular Hbond substituents is 1. The Morgan fingerprint density at radius 2 is 1.68 bits per heavy atom. The lowest BCUT2D eigenvalue weighted by Crippen LogP contribution is -2.38. The normalized spacial score (nSPS) is 11.2. The van der Waals surface area contributed by atoms with Gasteiger partial charge < -0.3 is 19.1 Å². The smallest absolute Gasteiger partial charge is 0.344 e. The fraction of sp³-hybridized carbons (Fsp3) is 0.480. The monoisotopic (exact) mass is 494 g/mol. The zero-order valence-corrected chi connectivity index (χ0v) is 21.5. The summed E-state index contributed by atoms with van der Waals surface area (Å²) in [4.78, 5) is 11.9. The molecule has 0 unspecified atom stereocenters. The summed E-state index contributed by atoms with van der Waals surface area (Å²) in [5, 5.41) is 10.1. The maximum atomic E-state index is 11.9. The van der Waals surface area contributed by atoms with Crippen LogP contribution in [0.2, 0.25) is 0 Å². The first-order valence-electron chi connectivity index (χ1n) is 10.5. The Bertz CT molecular complexity index is 865. The molecule has 0 atom stereocenters. The number of hydrogen-bond acceptors (Lipinski definition) is 4. The number of carbonyl (C=O) groups is 1. The van der Waals surface area contributed by atoms with Crippen LogP contribution in [0.1, 0.15) is 47.6 Å². The molecule has 0 aliphatic carbocycles. The largest absolute Gasteiger partial charge is 0.508 e. The minimum atomic E-state index is -0.354. The van der Waals surface area contributed by atoms with Gasteiger partial charge in [0, 0.05) is 0 Å². The number of ether oxygens (including phenoxy) is 2. The van der Waals surface area contributed by atoms with Crippen molar-refractivity contribution in [1.82, 2.24) is 0 Å². The lowest BCUT2D eigenvalue weighted by molar-refractivity contribution is -0.870. The summed E-state index contributed by atoms with van der Waals surface area (Å²) in [5.74, 6) is 0.934. The van der Waals surface area contributed by atoms with Crippen LogP contribution in [0.25, 0.3) is 0 Å². The number of nitrogens with zero attached hydrogens (tertiary/aromatic N) is 1. The van der Waals surface area contributed by atoms with Gasteiger partial charge in [0.05, 0.1) is 21.1 Å². The third-order valence-corrected chi connectivity index (χ3v) is 5.15. The van der Waals surface area contributed by atoms with Crippen LogP contribution in [0.15, 0.2) is 30.3 Å². The Morgan fingerprint density at radius 1 is 1.06 bits per heavy atom. The Kier molecular flexibility index (Phi) is 10.0. The molecule has 0 aliphatic rings. The van der Waals surface area contributed by atoms with Crippen LogP contribution >= 0.6 is 17.0 Å². The van der Waals surface area contributed by atoms with E-state index in [9.17, 15) is 9.90 Å². The molecule has 0 spiro atoms. The van der Waals surface area contributed by atoms with Gasteiger partial charge >= 0.3 is 5.97 Å². The second-order valence-corrected chi connectivity index (χ2v) is 9.28. The third kappa shape index (κ3) is 8.54. The van der Waals surface area contributed by atoms with Crippen molar-refractivity contribution in [3.8, 4) is 11.5 Å². The van der Waals surface area contributed by atoms with Crippen molar-refractivity contribution in [2.45, 2.75) is 40.0 Å². The van der Waals surface area contributed by atoms with Gasteiger partial charge in [-0.2, -0.15) is 0 Å². The first kappa shape index (κ1) is 27.0. The number of carbonyl (C=O) groups excluding carboxylic acids is 1. The van der Waals surface area contributed by atoms with Crippen molar-refractivity contribution >= 4 is 23.0 Å². The fourth-order valence-corrected chi connectivity index (χ4v) is 3.31. The van der Waals surface area contributed by atoms with Gasteiger partial charge in [0.1, 0.15) is 24.7 Å². The number of benzene rings is 2. The summed E-state index contributed by atoms with van der Waals surface area (Å²) in [6, 6.07) is 9.75. The zero-order valence-electron chi connectivity index (χ0n) is 19.8. The van der Waals surface area contributed by atoms with Gasteiger partial charge in [-0.15, -0.1) is 17.0 Å². The van der Waals surface area contributed by atoms with E-state index in [2.05, 4.69) is 54.9 Å². The SMILES string of the molecule is Br.Cc1cc(OCC(=O)OCC[N+](C)(C)C)cc(C)c1Cc1ccc(O)c(C(C)C)c1. The predicted molar refractivity (Wildman–Crippen MR) is 131 cm³/mol. The van der Waals surface area contributed by atoms with E-state index in [-0.39, 0.29) is 35.5 Å². The molecule has 0 saturated carbocycles. The Labute approximate surface area is 197 Å². The van der Waals surface area contributed by atoms with Gasteiger partial charge in [-0.05, 0) is 72.2 Å². The maximum absolute atomic E-state index is 11.9. The number of aromatic hydroxyl groups is 1. The molecule has 5 nitrogen and oxygen atoms in total. The highest BCUT2D eigenvalue weighted by molar-refractivity contribution is 8.93. The molecule has 0 aromatic heterocycles. The quantitative estimate of drug-likeness (QED) is 0.396. The molecule has 6 heteroatoms. The summed E-state index contributed by atoms with van der Waals surface area (Å²) in [5.41, 5.74) is 5.59. The topological polar surface area (TPSA) is 55.8 Å². The van der Waals surface area contributed by atoms with Gasteiger partial charge in [-0.25, -0.2) is 4.79 Å². The van der Waals surface area contributed by atoms with Gasteiger partial charge in [-0.1, -0.05) is 26.0 Å². The van der Waals surface area contributed by atoms with E-state index in [1.54, 1.807) is 6.07 Å². The van der Waals surface area contributed by atoms with E-state index in [0.717, 1.165) is 39.7 Å². The van der Waals surface area contributed by atoms with Crippen molar-refractivity contribution in [2.75, 3.05) is 40.9 Å². The Balaban J connectivity index is 0.00000480. The number of phenols is 1. The Hall–Kier alpha value is -2.05. The van der Waals surface area contributed by atoms with E-state index < -0.39 is 0 Å². The first-order chi connectivity index (χ1) is 14.0. The molecule has 1 N–H and O–H groups in total. The van der Waals surface area contributed by atoms with E-state index >= 15 is 0 Å². The number of rotatable bonds is 9. The minimum absolute atomic E-state index is 0. The Morgan fingerprint density at radius 3 is 2.23 bits per heavy atom. The number of quaternary nitrogens is 1. The lowest BCUT2D eigenvalue weighted by Gasteiger charge is -2.23. The lowest BCUT2D eigenvalue weighted by atomic mass is 9.93. The number of aryl methyl sites for hydroxylation is 2. The third-order valence-electron chi connectivity index (χ3n) is 5.15. The molecule has 0 saturated heterocycles. The van der Waals surface area contributed by atoms with E-state index in [4.69, 9.17) is 9.47 Å². The molecule has 0 bridgehead atoms. The van der Waals surface area contributed by atoms with Gasteiger partial charge in [-0.3, -0.25) is 0 Å². The van der Waals surface area contributed by atoms with Crippen molar-refractivity contribution in [3.63, 3.8) is 0 Å². The summed E-state index contributed by atoms with van der Waals surface area (Å²) < 4.78 is 11.7. The van der Waals surface area contributed by atoms with E-state index in [1.807, 2.05) is 18.2 Å². The molecule has 172 valence electrons. The summed E-state index contributed by atoms with van der Waals surface area (Å²) >= 11 is 0. The number of likely N-dealkylation sites (N-methyl/N-ethyl adjacent to an activating group) is 1. The van der Waals surface area contributed by atoms with Crippen LogP contribution in [-0.2, 0) is 16.0 Å². The number of hydrogen-bond donors (Lipinski definition) is 1. The average Bonchev–Trinajstić information content (AvgIpc) is 2.63. The molecule has 0 amide bonds. The summed E-state index contributed by atoms with van der Waals surface area (Å²) in [6.07, 6.45) is 0.783. The van der Waals surface area contributed by atoms with E-state index in [0.29, 0.717) is 18.1 Å². The van der Waals surface area contributed by atoms with Crippen molar-refractivity contribution in [3.05, 3.63) is 58.1 Å². The van der Waals surface area contributed by atoms with Crippen LogP contribution in [0.4, 0.5) is 0 Å². The molecule has 0 heterocycles. The summed E-state index contributed by atoms with van der Waals surface area (Å²) in [7, 11) is 6.16. The van der Waals surface area contributed by atoms with E-state index in [1.165, 1.54) is 5.56 Å². The van der Waals surface area contributed by atoms with Crippen LogP contribution in [0.5, 0.6) is 11.5 Å². The molecular formula is C25H37BrNO4+. The number of halogens is 1. The molecule has 2 rings (SSSR count).